The first-order valence-corrected chi connectivity index (χ1v) is 10.6. The molecule has 1 saturated heterocycles. The zero-order valence-corrected chi connectivity index (χ0v) is 17.2. The Hall–Kier alpha value is -2.68. The van der Waals surface area contributed by atoms with Gasteiger partial charge >= 0.3 is 6.18 Å². The highest BCUT2D eigenvalue weighted by atomic mass is 32.1. The second-order valence-corrected chi connectivity index (χ2v) is 8.31. The number of benzene rings is 1. The third kappa shape index (κ3) is 4.40. The molecule has 1 aromatic carbocycles. The first-order valence-electron chi connectivity index (χ1n) is 9.71. The number of thiazole rings is 1. The summed E-state index contributed by atoms with van der Waals surface area (Å²) in [4.78, 5) is 19.1. The number of aryl methyl sites for hydroxylation is 1. The van der Waals surface area contributed by atoms with Crippen molar-refractivity contribution >= 4 is 17.2 Å². The lowest BCUT2D eigenvalue weighted by molar-refractivity contribution is -0.142. The molecule has 0 radical (unpaired) electrons. The first kappa shape index (κ1) is 20.6. The number of likely N-dealkylation sites (tertiary alicyclic amines) is 1. The topological polar surface area (TPSA) is 51.0 Å². The first-order chi connectivity index (χ1) is 14.3. The number of rotatable bonds is 4. The van der Waals surface area contributed by atoms with E-state index in [0.717, 1.165) is 39.9 Å². The molecule has 0 N–H and O–H groups in total. The van der Waals surface area contributed by atoms with E-state index in [4.69, 9.17) is 4.98 Å². The Kier molecular flexibility index (Phi) is 5.64. The number of carbonyl (C=O) groups is 1. The van der Waals surface area contributed by atoms with Crippen LogP contribution in [0.2, 0.25) is 0 Å². The van der Waals surface area contributed by atoms with Gasteiger partial charge in [0, 0.05) is 35.6 Å². The number of alkyl halides is 3. The number of amides is 1. The summed E-state index contributed by atoms with van der Waals surface area (Å²) in [6, 6.07) is 11.0. The van der Waals surface area contributed by atoms with Gasteiger partial charge in [-0.15, -0.1) is 11.3 Å². The molecule has 1 fully saturated rings. The van der Waals surface area contributed by atoms with E-state index in [-0.39, 0.29) is 12.5 Å². The fourth-order valence-corrected chi connectivity index (χ4v) is 4.63. The molecule has 0 spiro atoms. The van der Waals surface area contributed by atoms with E-state index < -0.39 is 11.9 Å². The molecule has 4 rings (SSSR count). The second-order valence-electron chi connectivity index (χ2n) is 7.42. The Morgan fingerprint density at radius 3 is 2.53 bits per heavy atom. The zero-order chi connectivity index (χ0) is 21.3. The molecule has 3 heterocycles. The van der Waals surface area contributed by atoms with Crippen molar-refractivity contribution in [3.05, 3.63) is 58.2 Å². The van der Waals surface area contributed by atoms with Gasteiger partial charge in [0.2, 0.25) is 5.91 Å². The number of piperidine rings is 1. The van der Waals surface area contributed by atoms with Crippen molar-refractivity contribution in [3.63, 3.8) is 0 Å². The predicted molar refractivity (Wildman–Crippen MR) is 108 cm³/mol. The van der Waals surface area contributed by atoms with Crippen LogP contribution >= 0.6 is 11.3 Å². The van der Waals surface area contributed by atoms with Gasteiger partial charge in [-0.25, -0.2) is 4.98 Å². The summed E-state index contributed by atoms with van der Waals surface area (Å²) in [6.07, 6.45) is -2.93. The fourth-order valence-electron chi connectivity index (χ4n) is 3.63. The third-order valence-corrected chi connectivity index (χ3v) is 6.35. The molecular weight excluding hydrogens is 413 g/mol. The molecule has 3 aromatic rings. The predicted octanol–water partition coefficient (Wildman–Crippen LogP) is 4.74. The molecule has 0 bridgehead atoms. The van der Waals surface area contributed by atoms with Gasteiger partial charge in [-0.1, -0.05) is 30.3 Å². The lowest BCUT2D eigenvalue weighted by atomic mass is 9.97. The molecular formula is C21H21F3N4OS. The SMILES string of the molecule is Cc1cc(C(F)(F)F)nn1CC(=O)N1CCC(c2nc(-c3ccccc3)cs2)CC1. The highest BCUT2D eigenvalue weighted by molar-refractivity contribution is 7.10. The van der Waals surface area contributed by atoms with Crippen LogP contribution in [0.15, 0.2) is 41.8 Å². The quantitative estimate of drug-likeness (QED) is 0.596. The summed E-state index contributed by atoms with van der Waals surface area (Å²) >= 11 is 1.63. The van der Waals surface area contributed by atoms with Gasteiger partial charge in [0.1, 0.15) is 6.54 Å². The maximum Gasteiger partial charge on any atom is 0.435 e. The number of hydrogen-bond donors (Lipinski definition) is 0. The van der Waals surface area contributed by atoms with Crippen LogP contribution in [0.4, 0.5) is 13.2 Å². The third-order valence-electron chi connectivity index (χ3n) is 5.35. The Labute approximate surface area is 176 Å². The molecule has 0 atom stereocenters. The van der Waals surface area contributed by atoms with Crippen LogP contribution in [0, 0.1) is 6.92 Å². The molecule has 0 unspecified atom stereocenters. The van der Waals surface area contributed by atoms with Gasteiger partial charge < -0.3 is 4.90 Å². The van der Waals surface area contributed by atoms with Crippen LogP contribution in [0.25, 0.3) is 11.3 Å². The monoisotopic (exact) mass is 434 g/mol. The zero-order valence-electron chi connectivity index (χ0n) is 16.4. The number of nitrogens with zero attached hydrogens (tertiary/aromatic N) is 4. The van der Waals surface area contributed by atoms with Gasteiger partial charge in [-0.05, 0) is 25.8 Å². The Morgan fingerprint density at radius 2 is 1.90 bits per heavy atom. The summed E-state index contributed by atoms with van der Waals surface area (Å²) in [5.74, 6) is 0.0808. The van der Waals surface area contributed by atoms with Gasteiger partial charge in [-0.3, -0.25) is 9.48 Å². The molecule has 158 valence electrons. The summed E-state index contributed by atoms with van der Waals surface area (Å²) in [5.41, 5.74) is 1.40. The highest BCUT2D eigenvalue weighted by Crippen LogP contribution is 2.33. The van der Waals surface area contributed by atoms with Crippen molar-refractivity contribution < 1.29 is 18.0 Å². The van der Waals surface area contributed by atoms with E-state index in [1.165, 1.54) is 6.92 Å². The van der Waals surface area contributed by atoms with E-state index in [9.17, 15) is 18.0 Å². The molecule has 30 heavy (non-hydrogen) atoms. The van der Waals surface area contributed by atoms with Gasteiger partial charge in [0.15, 0.2) is 5.69 Å². The Bertz CT molecular complexity index is 1020. The smallest absolute Gasteiger partial charge is 0.341 e. The molecule has 0 saturated carbocycles. The number of hydrogen-bond acceptors (Lipinski definition) is 4. The Morgan fingerprint density at radius 1 is 1.20 bits per heavy atom. The summed E-state index contributed by atoms with van der Waals surface area (Å²) in [5, 5.41) is 6.67. The maximum absolute atomic E-state index is 12.8. The van der Waals surface area contributed by atoms with E-state index in [1.807, 2.05) is 30.3 Å². The van der Waals surface area contributed by atoms with E-state index in [1.54, 1.807) is 16.2 Å². The van der Waals surface area contributed by atoms with Crippen LogP contribution in [-0.2, 0) is 17.5 Å². The van der Waals surface area contributed by atoms with Crippen molar-refractivity contribution in [2.75, 3.05) is 13.1 Å². The van der Waals surface area contributed by atoms with Gasteiger partial charge in [0.25, 0.3) is 0 Å². The number of aromatic nitrogens is 3. The number of halogens is 3. The van der Waals surface area contributed by atoms with Gasteiger partial charge in [-0.2, -0.15) is 18.3 Å². The van der Waals surface area contributed by atoms with Crippen LogP contribution < -0.4 is 0 Å². The Balaban J connectivity index is 1.35. The molecule has 5 nitrogen and oxygen atoms in total. The largest absolute Gasteiger partial charge is 0.435 e. The standard InChI is InChI=1S/C21H21F3N4OS/c1-14-11-18(21(22,23)24)26-28(14)12-19(29)27-9-7-16(8-10-27)20-25-17(13-30-20)15-5-3-2-4-6-15/h2-6,11,13,16H,7-10,12H2,1H3. The summed E-state index contributed by atoms with van der Waals surface area (Å²) in [7, 11) is 0. The lowest BCUT2D eigenvalue weighted by Gasteiger charge is -2.31. The minimum atomic E-state index is -4.51. The average Bonchev–Trinajstić information content (AvgIpc) is 3.36. The van der Waals surface area contributed by atoms with Crippen molar-refractivity contribution in [3.8, 4) is 11.3 Å². The van der Waals surface area contributed by atoms with Crippen LogP contribution in [0.5, 0.6) is 0 Å². The van der Waals surface area contributed by atoms with Crippen molar-refractivity contribution in [1.82, 2.24) is 19.7 Å². The molecule has 1 aliphatic rings. The normalized spacial score (nSPS) is 15.5. The highest BCUT2D eigenvalue weighted by Gasteiger charge is 2.35. The minimum Gasteiger partial charge on any atom is -0.341 e. The number of carbonyl (C=O) groups excluding carboxylic acids is 1. The second kappa shape index (κ2) is 8.22. The fraction of sp³-hybridized carbons (Fsp3) is 0.381. The molecule has 1 aliphatic heterocycles. The van der Waals surface area contributed by atoms with Crippen LogP contribution in [0.1, 0.15) is 35.2 Å². The minimum absolute atomic E-state index is 0.179. The van der Waals surface area contributed by atoms with E-state index in [2.05, 4.69) is 10.5 Å². The van der Waals surface area contributed by atoms with Crippen molar-refractivity contribution in [2.45, 2.75) is 38.4 Å². The molecule has 9 heteroatoms. The van der Waals surface area contributed by atoms with Crippen LogP contribution in [0.3, 0.4) is 0 Å². The van der Waals surface area contributed by atoms with E-state index >= 15 is 0 Å². The van der Waals surface area contributed by atoms with Crippen LogP contribution in [-0.4, -0.2) is 38.7 Å². The molecule has 2 aromatic heterocycles. The lowest BCUT2D eigenvalue weighted by Crippen LogP contribution is -2.40. The van der Waals surface area contributed by atoms with E-state index in [0.29, 0.717) is 24.7 Å². The van der Waals surface area contributed by atoms with Crippen molar-refractivity contribution in [1.29, 1.82) is 0 Å². The average molecular weight is 434 g/mol. The van der Waals surface area contributed by atoms with Gasteiger partial charge in [0.05, 0.1) is 10.7 Å². The molecule has 1 amide bonds. The molecule has 0 aliphatic carbocycles. The van der Waals surface area contributed by atoms with Crippen molar-refractivity contribution in [2.24, 2.45) is 0 Å². The summed E-state index contributed by atoms with van der Waals surface area (Å²) < 4.78 is 39.6. The summed E-state index contributed by atoms with van der Waals surface area (Å²) in [6.45, 7) is 2.48. The maximum atomic E-state index is 12.8.